The number of hydrogen-bond acceptors (Lipinski definition) is 7. The minimum atomic E-state index is -0.674. The van der Waals surface area contributed by atoms with Crippen molar-refractivity contribution in [3.8, 4) is 17.2 Å². The van der Waals surface area contributed by atoms with E-state index in [9.17, 15) is 9.18 Å². The maximum Gasteiger partial charge on any atom is 0.274 e. The highest BCUT2D eigenvalue weighted by atomic mass is 19.1. The number of anilines is 1. The fraction of sp³-hybridized carbons (Fsp3) is 0.381. The lowest BCUT2D eigenvalue weighted by atomic mass is 9.41. The van der Waals surface area contributed by atoms with Gasteiger partial charge >= 0.3 is 0 Å². The lowest BCUT2D eigenvalue weighted by Crippen LogP contribution is -2.65. The molecule has 13 heteroatoms. The Balaban J connectivity index is 1.30. The molecule has 8 nitrogen and oxygen atoms in total. The van der Waals surface area contributed by atoms with Gasteiger partial charge in [0.15, 0.2) is 28.8 Å². The third-order valence-electron chi connectivity index (χ3n) is 6.94. The highest BCUT2D eigenvalue weighted by molar-refractivity contribution is 6.53. The zero-order valence-corrected chi connectivity index (χ0v) is 20.1. The van der Waals surface area contributed by atoms with Gasteiger partial charge in [0, 0.05) is 50.3 Å². The largest absolute Gasteiger partial charge is 0.499 e. The Labute approximate surface area is 200 Å². The summed E-state index contributed by atoms with van der Waals surface area (Å²) in [5, 5.41) is 3.24. The van der Waals surface area contributed by atoms with Gasteiger partial charge in [0.25, 0.3) is 5.56 Å². The predicted octanol–water partition coefficient (Wildman–Crippen LogP) is -1.80. The van der Waals surface area contributed by atoms with Gasteiger partial charge in [-0.3, -0.25) is 4.79 Å². The van der Waals surface area contributed by atoms with E-state index >= 15 is 0 Å². The molecule has 0 atom stereocenters. The minimum absolute atomic E-state index is 0.0761. The van der Waals surface area contributed by atoms with Crippen molar-refractivity contribution in [2.24, 2.45) is 0 Å². The van der Waals surface area contributed by atoms with E-state index in [-0.39, 0.29) is 17.4 Å². The van der Waals surface area contributed by atoms with E-state index in [4.69, 9.17) is 14.2 Å². The summed E-state index contributed by atoms with van der Waals surface area (Å²) in [4.78, 5) is 18.5. The van der Waals surface area contributed by atoms with Crippen LogP contribution >= 0.6 is 0 Å². The molecule has 0 radical (unpaired) electrons. The van der Waals surface area contributed by atoms with Gasteiger partial charge < -0.3 is 19.1 Å². The highest BCUT2D eigenvalue weighted by Crippen LogP contribution is 2.43. The minimum Gasteiger partial charge on any atom is -0.499 e. The van der Waals surface area contributed by atoms with Gasteiger partial charge in [-0.15, -0.1) is 5.10 Å². The van der Waals surface area contributed by atoms with E-state index in [1.54, 1.807) is 6.07 Å². The van der Waals surface area contributed by atoms with Crippen molar-refractivity contribution in [2.75, 3.05) is 18.0 Å². The van der Waals surface area contributed by atoms with Crippen LogP contribution in [0.1, 0.15) is 18.4 Å². The summed E-state index contributed by atoms with van der Waals surface area (Å²) >= 11 is 0. The van der Waals surface area contributed by atoms with Crippen molar-refractivity contribution >= 4 is 42.9 Å². The van der Waals surface area contributed by atoms with E-state index < -0.39 is 16.6 Å². The summed E-state index contributed by atoms with van der Waals surface area (Å²) in [6.45, 7) is 3.37. The summed E-state index contributed by atoms with van der Waals surface area (Å²) in [5.74, 6) is 1.16. The van der Waals surface area contributed by atoms with Crippen LogP contribution < -0.4 is 24.7 Å². The quantitative estimate of drug-likeness (QED) is 0.428. The first-order valence-corrected chi connectivity index (χ1v) is 11.5. The third-order valence-corrected chi connectivity index (χ3v) is 6.94. The fourth-order valence-corrected chi connectivity index (χ4v) is 4.30. The van der Waals surface area contributed by atoms with Gasteiger partial charge in [0.1, 0.15) is 43.2 Å². The Morgan fingerprint density at radius 3 is 2.56 bits per heavy atom. The number of aromatic nitrogens is 3. The molecule has 2 aromatic heterocycles. The zero-order chi connectivity index (χ0) is 24.3. The molecular weight excluding hydrogens is 435 g/mol. The number of nitrogens with zero attached hydrogens (tertiary/aromatic N) is 4. The van der Waals surface area contributed by atoms with Gasteiger partial charge in [0.2, 0.25) is 0 Å². The molecule has 1 fully saturated rings. The van der Waals surface area contributed by atoms with Gasteiger partial charge in [-0.1, -0.05) is 0 Å². The number of halogens is 1. The van der Waals surface area contributed by atoms with Crippen LogP contribution in [0.2, 0.25) is 0 Å². The first-order valence-electron chi connectivity index (χ1n) is 11.5. The maximum atomic E-state index is 14.8. The predicted molar refractivity (Wildman–Crippen MR) is 137 cm³/mol. The second-order valence-corrected chi connectivity index (χ2v) is 9.97. The van der Waals surface area contributed by atoms with Crippen LogP contribution in [-0.4, -0.2) is 76.0 Å². The molecule has 4 heterocycles. The molecule has 34 heavy (non-hydrogen) atoms. The first kappa shape index (κ1) is 22.7. The topological polar surface area (TPSA) is 78.2 Å². The Kier molecular flexibility index (Phi) is 5.33. The molecule has 0 N–H and O–H groups in total. The van der Waals surface area contributed by atoms with E-state index in [2.05, 4.69) is 15.0 Å². The Hall–Kier alpha value is -3.10. The smallest absolute Gasteiger partial charge is 0.274 e. The fourth-order valence-electron chi connectivity index (χ4n) is 4.30. The van der Waals surface area contributed by atoms with Crippen molar-refractivity contribution in [2.45, 2.75) is 36.7 Å². The molecule has 5 rings (SSSR count). The molecular formula is C21H25B4FN4O4. The number of fused-ring (bicyclic) bond motifs is 2. The number of aryl methyl sites for hydroxylation is 1. The molecule has 0 bridgehead atoms. The summed E-state index contributed by atoms with van der Waals surface area (Å²) in [7, 11) is 7.60. The van der Waals surface area contributed by atoms with Crippen LogP contribution in [0, 0.1) is 12.7 Å². The highest BCUT2D eigenvalue weighted by Gasteiger charge is 2.45. The molecule has 0 amide bonds. The van der Waals surface area contributed by atoms with Crippen LogP contribution in [0.15, 0.2) is 35.3 Å². The first-order chi connectivity index (χ1) is 16.0. The Bertz CT molecular complexity index is 1330. The number of benzene rings is 1. The number of rotatable bonds is 3. The van der Waals surface area contributed by atoms with Crippen molar-refractivity contribution in [3.05, 3.63) is 52.2 Å². The lowest BCUT2D eigenvalue weighted by Gasteiger charge is -2.47. The summed E-state index contributed by atoms with van der Waals surface area (Å²) in [5.41, 5.74) is 1.27. The van der Waals surface area contributed by atoms with E-state index in [1.807, 2.05) is 44.4 Å². The Morgan fingerprint density at radius 2 is 1.82 bits per heavy atom. The number of hydrogen-bond donors (Lipinski definition) is 0. The van der Waals surface area contributed by atoms with Crippen LogP contribution in [0.4, 0.5) is 10.2 Å². The summed E-state index contributed by atoms with van der Waals surface area (Å²) in [6, 6.07) is 6.33. The average Bonchev–Trinajstić information content (AvgIpc) is 2.76. The SMILES string of the molecule is BC1(B)Oc2cc(OC3CCN(c4nn5c(=O)ccnc5cc4C)CC3)cc(F)c2OC1(B)B. The van der Waals surface area contributed by atoms with Crippen LogP contribution in [0.25, 0.3) is 5.65 Å². The molecule has 1 saturated heterocycles. The van der Waals surface area contributed by atoms with Crippen LogP contribution in [-0.2, 0) is 0 Å². The number of ether oxygens (including phenoxy) is 3. The lowest BCUT2D eigenvalue weighted by molar-refractivity contribution is 0.0562. The molecule has 3 aromatic rings. The molecule has 1 aromatic carbocycles. The van der Waals surface area contributed by atoms with Gasteiger partial charge in [-0.05, 0) is 18.6 Å². The van der Waals surface area contributed by atoms with Gasteiger partial charge in [-0.25, -0.2) is 9.37 Å². The number of piperidine rings is 1. The third kappa shape index (κ3) is 3.90. The second kappa shape index (κ2) is 7.99. The van der Waals surface area contributed by atoms with Crippen molar-refractivity contribution < 1.29 is 18.6 Å². The van der Waals surface area contributed by atoms with E-state index in [0.29, 0.717) is 30.2 Å². The monoisotopic (exact) mass is 460 g/mol. The van der Waals surface area contributed by atoms with E-state index in [1.165, 1.54) is 22.8 Å². The Morgan fingerprint density at radius 1 is 1.12 bits per heavy atom. The van der Waals surface area contributed by atoms with Gasteiger partial charge in [-0.2, -0.15) is 4.52 Å². The normalized spacial score (nSPS) is 19.2. The van der Waals surface area contributed by atoms with Crippen LogP contribution in [0.3, 0.4) is 0 Å². The average molecular weight is 460 g/mol. The van der Waals surface area contributed by atoms with Crippen molar-refractivity contribution in [1.82, 2.24) is 14.6 Å². The molecule has 0 saturated carbocycles. The zero-order valence-electron chi connectivity index (χ0n) is 20.1. The molecule has 0 unspecified atom stereocenters. The summed E-state index contributed by atoms with van der Waals surface area (Å²) < 4.78 is 34.3. The van der Waals surface area contributed by atoms with Crippen molar-refractivity contribution in [1.29, 1.82) is 0 Å². The second-order valence-electron chi connectivity index (χ2n) is 9.97. The van der Waals surface area contributed by atoms with E-state index in [0.717, 1.165) is 24.2 Å². The molecule has 0 spiro atoms. The maximum absolute atomic E-state index is 14.8. The van der Waals surface area contributed by atoms with Gasteiger partial charge in [0.05, 0.1) is 10.8 Å². The van der Waals surface area contributed by atoms with Crippen molar-refractivity contribution in [3.63, 3.8) is 0 Å². The standard InChI is InChI=1S/C21H25B4FN4O4/c1-11-8-16-27-5-2-17(31)30(16)28-19(11)29-6-3-12(4-7-29)32-13-9-14(26)18-15(10-13)33-20(22,23)21(24,25)34-18/h2,5,8-10,12H,3-4,6-7,22-25H2,1H3. The molecule has 0 aliphatic carbocycles. The molecule has 2 aliphatic rings. The molecule has 172 valence electrons. The van der Waals surface area contributed by atoms with Crippen LogP contribution in [0.5, 0.6) is 17.2 Å². The summed E-state index contributed by atoms with van der Waals surface area (Å²) in [6.07, 6.45) is 2.88. The molecule has 2 aliphatic heterocycles.